The number of hydrogen-bond acceptors (Lipinski definition) is 6. The fourth-order valence-corrected chi connectivity index (χ4v) is 4.33. The number of nitrogens with zero attached hydrogens (tertiary/aromatic N) is 4. The van der Waals surface area contributed by atoms with Crippen molar-refractivity contribution in [3.05, 3.63) is 40.8 Å². The van der Waals surface area contributed by atoms with Crippen LogP contribution in [0.3, 0.4) is 0 Å². The summed E-state index contributed by atoms with van der Waals surface area (Å²) < 4.78 is 13.3. The van der Waals surface area contributed by atoms with Crippen LogP contribution in [0.25, 0.3) is 21.6 Å². The van der Waals surface area contributed by atoms with Gasteiger partial charge in [0, 0.05) is 30.1 Å². The van der Waals surface area contributed by atoms with Crippen molar-refractivity contribution in [3.63, 3.8) is 0 Å². The maximum atomic E-state index is 13.3. The van der Waals surface area contributed by atoms with E-state index in [9.17, 15) is 9.65 Å². The van der Waals surface area contributed by atoms with Crippen molar-refractivity contribution < 1.29 is 4.39 Å². The summed E-state index contributed by atoms with van der Waals surface area (Å²) in [6, 6.07) is 11.4. The monoisotopic (exact) mass is 367 g/mol. The number of benzene rings is 1. The number of hydrogen-bond donors (Lipinski definition) is 1. The molecule has 7 heteroatoms. The third-order valence-corrected chi connectivity index (χ3v) is 5.67. The van der Waals surface area contributed by atoms with Gasteiger partial charge in [-0.05, 0) is 31.0 Å². The summed E-state index contributed by atoms with van der Waals surface area (Å²) in [7, 11) is 0. The van der Waals surface area contributed by atoms with Crippen LogP contribution in [0.1, 0.15) is 23.3 Å². The lowest BCUT2D eigenvalue weighted by molar-refractivity contribution is 0.146. The second-order valence-corrected chi connectivity index (χ2v) is 7.59. The first-order valence-electron chi connectivity index (χ1n) is 8.56. The van der Waals surface area contributed by atoms with Crippen LogP contribution in [-0.4, -0.2) is 34.1 Å². The van der Waals surface area contributed by atoms with Crippen LogP contribution >= 0.6 is 11.3 Å². The van der Waals surface area contributed by atoms with E-state index in [4.69, 9.17) is 5.73 Å². The lowest BCUT2D eigenvalue weighted by Crippen LogP contribution is -2.33. The summed E-state index contributed by atoms with van der Waals surface area (Å²) in [5, 5.41) is 10.1. The van der Waals surface area contributed by atoms with Gasteiger partial charge in [0.1, 0.15) is 16.8 Å². The van der Waals surface area contributed by atoms with Crippen LogP contribution in [0.15, 0.2) is 30.3 Å². The van der Waals surface area contributed by atoms with E-state index >= 15 is 0 Å². The summed E-state index contributed by atoms with van der Waals surface area (Å²) in [6.45, 7) is 2.33. The zero-order chi connectivity index (χ0) is 18.1. The Morgan fingerprint density at radius 1 is 1.27 bits per heavy atom. The van der Waals surface area contributed by atoms with Crippen molar-refractivity contribution >= 4 is 27.4 Å². The number of likely N-dealkylation sites (tertiary alicyclic amines) is 1. The Kier molecular flexibility index (Phi) is 4.53. The third-order valence-electron chi connectivity index (χ3n) is 4.66. The van der Waals surface area contributed by atoms with Crippen LogP contribution in [0, 0.1) is 11.3 Å². The van der Waals surface area contributed by atoms with E-state index in [0.717, 1.165) is 34.7 Å². The zero-order valence-corrected chi connectivity index (χ0v) is 15.0. The summed E-state index contributed by atoms with van der Waals surface area (Å²) in [4.78, 5) is 13.3. The Morgan fingerprint density at radius 3 is 2.81 bits per heavy atom. The Hall–Kier alpha value is -2.56. The standard InChI is InChI=1S/C19H18FN5S/c20-13-5-7-25(8-6-13)11-14-9-16-17(22)23-18(24-19(16)26-14)15-4-2-1-3-12(15)10-21/h1-4,9,13H,5-8,11H2,(H2,22,23,24). The van der Waals surface area contributed by atoms with Gasteiger partial charge in [0.2, 0.25) is 0 Å². The Balaban J connectivity index is 1.66. The Labute approximate surface area is 154 Å². The van der Waals surface area contributed by atoms with Gasteiger partial charge in [-0.15, -0.1) is 11.3 Å². The van der Waals surface area contributed by atoms with Crippen molar-refractivity contribution in [3.8, 4) is 17.5 Å². The molecule has 132 valence electrons. The molecule has 4 rings (SSSR count). The molecule has 1 saturated heterocycles. The predicted molar refractivity (Wildman–Crippen MR) is 101 cm³/mol. The number of anilines is 1. The molecule has 0 aliphatic carbocycles. The maximum Gasteiger partial charge on any atom is 0.164 e. The number of nitriles is 1. The largest absolute Gasteiger partial charge is 0.383 e. The van der Waals surface area contributed by atoms with Gasteiger partial charge < -0.3 is 5.73 Å². The highest BCUT2D eigenvalue weighted by Gasteiger charge is 2.20. The van der Waals surface area contributed by atoms with Crippen LogP contribution in [0.5, 0.6) is 0 Å². The SMILES string of the molecule is N#Cc1ccccc1-c1nc(N)c2cc(CN3CCC(F)CC3)sc2n1. The van der Waals surface area contributed by atoms with Gasteiger partial charge in [-0.2, -0.15) is 5.26 Å². The van der Waals surface area contributed by atoms with Gasteiger partial charge in [-0.3, -0.25) is 4.90 Å². The molecule has 0 spiro atoms. The van der Waals surface area contributed by atoms with Crippen LogP contribution in [0.4, 0.5) is 10.2 Å². The number of thiophene rings is 1. The molecule has 0 radical (unpaired) electrons. The Morgan fingerprint density at radius 2 is 2.04 bits per heavy atom. The Bertz CT molecular complexity index is 985. The van der Waals surface area contributed by atoms with E-state index in [0.29, 0.717) is 35.6 Å². The van der Waals surface area contributed by atoms with Gasteiger partial charge in [-0.25, -0.2) is 14.4 Å². The molecule has 3 heterocycles. The molecule has 2 aromatic heterocycles. The second-order valence-electron chi connectivity index (χ2n) is 6.47. The number of fused-ring (bicyclic) bond motifs is 1. The minimum atomic E-state index is -0.669. The van der Waals surface area contributed by atoms with Crippen molar-refractivity contribution in [2.45, 2.75) is 25.6 Å². The van der Waals surface area contributed by atoms with Crippen molar-refractivity contribution in [1.29, 1.82) is 5.26 Å². The summed E-state index contributed by atoms with van der Waals surface area (Å²) in [5.41, 5.74) is 7.37. The number of aromatic nitrogens is 2. The maximum absolute atomic E-state index is 13.3. The molecule has 3 aromatic rings. The highest BCUT2D eigenvalue weighted by Crippen LogP contribution is 2.32. The molecule has 2 N–H and O–H groups in total. The van der Waals surface area contributed by atoms with Gasteiger partial charge in [-0.1, -0.05) is 12.1 Å². The van der Waals surface area contributed by atoms with Crippen molar-refractivity contribution in [1.82, 2.24) is 14.9 Å². The molecule has 1 fully saturated rings. The van der Waals surface area contributed by atoms with Gasteiger partial charge in [0.15, 0.2) is 5.82 Å². The lowest BCUT2D eigenvalue weighted by Gasteiger charge is -2.27. The van der Waals surface area contributed by atoms with Crippen molar-refractivity contribution in [2.24, 2.45) is 0 Å². The zero-order valence-electron chi connectivity index (χ0n) is 14.2. The normalized spacial score (nSPS) is 16.0. The highest BCUT2D eigenvalue weighted by molar-refractivity contribution is 7.18. The first-order chi connectivity index (χ1) is 12.6. The molecular formula is C19H18FN5S. The quantitative estimate of drug-likeness (QED) is 0.763. The van der Waals surface area contributed by atoms with Gasteiger partial charge >= 0.3 is 0 Å². The smallest absolute Gasteiger partial charge is 0.164 e. The van der Waals surface area contributed by atoms with E-state index in [1.807, 2.05) is 24.3 Å². The molecule has 0 unspecified atom stereocenters. The number of rotatable bonds is 3. The molecule has 1 aromatic carbocycles. The lowest BCUT2D eigenvalue weighted by atomic mass is 10.1. The minimum absolute atomic E-state index is 0.419. The fourth-order valence-electron chi connectivity index (χ4n) is 3.25. The summed E-state index contributed by atoms with van der Waals surface area (Å²) in [6.07, 6.45) is 0.530. The van der Waals surface area contributed by atoms with Gasteiger partial charge in [0.05, 0.1) is 17.0 Å². The second kappa shape index (κ2) is 6.98. The summed E-state index contributed by atoms with van der Waals surface area (Å²) >= 11 is 1.58. The van der Waals surface area contributed by atoms with Crippen LogP contribution < -0.4 is 5.73 Å². The first-order valence-corrected chi connectivity index (χ1v) is 9.37. The van der Waals surface area contributed by atoms with Crippen molar-refractivity contribution in [2.75, 3.05) is 18.8 Å². The molecule has 0 saturated carbocycles. The number of alkyl halides is 1. The minimum Gasteiger partial charge on any atom is -0.383 e. The predicted octanol–water partition coefficient (Wildman–Crippen LogP) is 3.75. The molecule has 0 atom stereocenters. The first kappa shape index (κ1) is 16.9. The molecule has 5 nitrogen and oxygen atoms in total. The topological polar surface area (TPSA) is 78.8 Å². The van der Waals surface area contributed by atoms with E-state index in [1.165, 1.54) is 0 Å². The molecule has 26 heavy (non-hydrogen) atoms. The molecular weight excluding hydrogens is 349 g/mol. The average Bonchev–Trinajstić information content (AvgIpc) is 3.06. The average molecular weight is 367 g/mol. The number of nitrogens with two attached hydrogens (primary N) is 1. The third kappa shape index (κ3) is 3.26. The number of piperidine rings is 1. The molecule has 0 amide bonds. The van der Waals surface area contributed by atoms with Gasteiger partial charge in [0.25, 0.3) is 0 Å². The molecule has 1 aliphatic heterocycles. The number of nitrogen functional groups attached to an aromatic ring is 1. The van der Waals surface area contributed by atoms with Crippen LogP contribution in [0.2, 0.25) is 0 Å². The number of halogens is 1. The highest BCUT2D eigenvalue weighted by atomic mass is 32.1. The van der Waals surface area contributed by atoms with E-state index in [2.05, 4.69) is 20.9 Å². The molecule has 1 aliphatic rings. The van der Waals surface area contributed by atoms with Crippen LogP contribution in [-0.2, 0) is 6.54 Å². The van der Waals surface area contributed by atoms with E-state index in [1.54, 1.807) is 17.4 Å². The molecule has 0 bridgehead atoms. The summed E-state index contributed by atoms with van der Waals surface area (Å²) in [5.74, 6) is 0.890. The van der Waals surface area contributed by atoms with E-state index < -0.39 is 6.17 Å². The van der Waals surface area contributed by atoms with E-state index in [-0.39, 0.29) is 0 Å². The fraction of sp³-hybridized carbons (Fsp3) is 0.316.